The summed E-state index contributed by atoms with van der Waals surface area (Å²) in [6.45, 7) is 9.42. The number of hydrogen-bond acceptors (Lipinski definition) is 5. The van der Waals surface area contributed by atoms with Gasteiger partial charge in [-0.3, -0.25) is 9.59 Å². The summed E-state index contributed by atoms with van der Waals surface area (Å²) in [7, 11) is 0. The number of ether oxygens (including phenoxy) is 1. The van der Waals surface area contributed by atoms with Gasteiger partial charge < -0.3 is 26.4 Å². The number of hydrogen-bond donors (Lipinski definition) is 4. The lowest BCUT2D eigenvalue weighted by Gasteiger charge is -2.19. The molecule has 0 aromatic heterocycles. The molecule has 1 rings (SSSR count). The number of benzene rings is 1. The Labute approximate surface area is 166 Å². The quantitative estimate of drug-likeness (QED) is 0.537. The van der Waals surface area contributed by atoms with Crippen molar-refractivity contribution in [3.05, 3.63) is 29.8 Å². The molecule has 0 radical (unpaired) electrons. The second kappa shape index (κ2) is 10.7. The fourth-order valence-corrected chi connectivity index (χ4v) is 2.17. The third kappa shape index (κ3) is 9.36. The van der Waals surface area contributed by atoms with Crippen molar-refractivity contribution in [1.29, 1.82) is 0 Å². The van der Waals surface area contributed by atoms with Gasteiger partial charge in [0.15, 0.2) is 0 Å². The van der Waals surface area contributed by atoms with Crippen LogP contribution in [-0.4, -0.2) is 42.6 Å². The van der Waals surface area contributed by atoms with Crippen LogP contribution in [0.5, 0.6) is 0 Å². The van der Waals surface area contributed by atoms with Crippen molar-refractivity contribution in [2.45, 2.75) is 52.7 Å². The second-order valence-corrected chi connectivity index (χ2v) is 7.91. The number of rotatable bonds is 8. The van der Waals surface area contributed by atoms with Crippen molar-refractivity contribution in [3.8, 4) is 0 Å². The summed E-state index contributed by atoms with van der Waals surface area (Å²) < 4.78 is 5.17. The lowest BCUT2D eigenvalue weighted by Crippen LogP contribution is -2.46. The molecule has 0 fully saturated rings. The second-order valence-electron chi connectivity index (χ2n) is 7.91. The van der Waals surface area contributed by atoms with Gasteiger partial charge in [-0.2, -0.15) is 0 Å². The number of nitrogens with two attached hydrogens (primary N) is 1. The SMILES string of the molecule is CC(C)[C@@H](N)C(=O)NCC(=O)Nc1ccc(CCNC(=O)OC(C)(C)C)cc1. The molecule has 0 bridgehead atoms. The van der Waals surface area contributed by atoms with Crippen LogP contribution in [0, 0.1) is 5.92 Å². The molecule has 1 atom stereocenters. The summed E-state index contributed by atoms with van der Waals surface area (Å²) in [4.78, 5) is 35.3. The van der Waals surface area contributed by atoms with Crippen LogP contribution in [0.3, 0.4) is 0 Å². The highest BCUT2D eigenvalue weighted by Crippen LogP contribution is 2.10. The van der Waals surface area contributed by atoms with Crippen molar-refractivity contribution >= 4 is 23.6 Å². The molecule has 0 heterocycles. The smallest absolute Gasteiger partial charge is 0.407 e. The summed E-state index contributed by atoms with van der Waals surface area (Å²) in [5, 5.41) is 7.93. The molecule has 0 saturated carbocycles. The van der Waals surface area contributed by atoms with Crippen LogP contribution >= 0.6 is 0 Å². The predicted molar refractivity (Wildman–Crippen MR) is 109 cm³/mol. The standard InChI is InChI=1S/C20H32N4O4/c1-13(2)17(21)18(26)23-12-16(25)24-15-8-6-14(7-9-15)10-11-22-19(27)28-20(3,4)5/h6-9,13,17H,10-12,21H2,1-5H3,(H,22,27)(H,23,26)(H,24,25)/t17-/m1/s1. The molecule has 0 aliphatic carbocycles. The monoisotopic (exact) mass is 392 g/mol. The Balaban J connectivity index is 2.37. The van der Waals surface area contributed by atoms with Crippen LogP contribution in [-0.2, 0) is 20.7 Å². The Kier molecular flexibility index (Phi) is 8.91. The number of carbonyl (C=O) groups excluding carboxylic acids is 3. The summed E-state index contributed by atoms with van der Waals surface area (Å²) >= 11 is 0. The molecule has 8 heteroatoms. The highest BCUT2D eigenvalue weighted by atomic mass is 16.6. The van der Waals surface area contributed by atoms with E-state index in [0.717, 1.165) is 5.56 Å². The number of anilines is 1. The van der Waals surface area contributed by atoms with Gasteiger partial charge in [0, 0.05) is 12.2 Å². The van der Waals surface area contributed by atoms with E-state index in [1.165, 1.54) is 0 Å². The molecule has 0 saturated heterocycles. The van der Waals surface area contributed by atoms with Crippen LogP contribution in [0.15, 0.2) is 24.3 Å². The molecule has 0 unspecified atom stereocenters. The number of carbonyl (C=O) groups is 3. The van der Waals surface area contributed by atoms with Gasteiger partial charge in [0.1, 0.15) is 5.60 Å². The molecule has 3 amide bonds. The van der Waals surface area contributed by atoms with Crippen molar-refractivity contribution in [2.24, 2.45) is 11.7 Å². The van der Waals surface area contributed by atoms with Crippen LogP contribution in [0.1, 0.15) is 40.2 Å². The van der Waals surface area contributed by atoms with Crippen LogP contribution in [0.25, 0.3) is 0 Å². The third-order valence-corrected chi connectivity index (χ3v) is 3.76. The molecule has 5 N–H and O–H groups in total. The van der Waals surface area contributed by atoms with Gasteiger partial charge in [0.25, 0.3) is 0 Å². The predicted octanol–water partition coefficient (Wildman–Crippen LogP) is 1.79. The molecule has 28 heavy (non-hydrogen) atoms. The first-order valence-corrected chi connectivity index (χ1v) is 9.37. The highest BCUT2D eigenvalue weighted by Gasteiger charge is 2.17. The zero-order chi connectivity index (χ0) is 21.3. The van der Waals surface area contributed by atoms with E-state index in [2.05, 4.69) is 16.0 Å². The van der Waals surface area contributed by atoms with Gasteiger partial charge in [-0.25, -0.2) is 4.79 Å². The van der Waals surface area contributed by atoms with E-state index >= 15 is 0 Å². The maximum atomic E-state index is 11.9. The molecule has 0 spiro atoms. The maximum Gasteiger partial charge on any atom is 0.407 e. The van der Waals surface area contributed by atoms with Crippen LogP contribution in [0.2, 0.25) is 0 Å². The fourth-order valence-electron chi connectivity index (χ4n) is 2.17. The summed E-state index contributed by atoms with van der Waals surface area (Å²) in [6.07, 6.45) is 0.187. The number of nitrogens with one attached hydrogen (secondary N) is 3. The van der Waals surface area contributed by atoms with Crippen molar-refractivity contribution < 1.29 is 19.1 Å². The van der Waals surface area contributed by atoms with E-state index in [9.17, 15) is 14.4 Å². The maximum absolute atomic E-state index is 11.9. The molecule has 0 aliphatic heterocycles. The molecule has 156 valence electrons. The van der Waals surface area contributed by atoms with E-state index < -0.39 is 17.7 Å². The minimum atomic E-state index is -0.638. The Hall–Kier alpha value is -2.61. The van der Waals surface area contributed by atoms with Crippen LogP contribution in [0.4, 0.5) is 10.5 Å². The third-order valence-electron chi connectivity index (χ3n) is 3.76. The average Bonchev–Trinajstić information content (AvgIpc) is 2.58. The van der Waals surface area contributed by atoms with Crippen molar-refractivity contribution in [3.63, 3.8) is 0 Å². The van der Waals surface area contributed by atoms with Gasteiger partial charge in [0.05, 0.1) is 12.6 Å². The van der Waals surface area contributed by atoms with E-state index in [1.54, 1.807) is 12.1 Å². The van der Waals surface area contributed by atoms with E-state index in [-0.39, 0.29) is 24.3 Å². The normalized spacial score (nSPS) is 12.2. The first-order chi connectivity index (χ1) is 13.0. The minimum Gasteiger partial charge on any atom is -0.444 e. The lowest BCUT2D eigenvalue weighted by molar-refractivity contribution is -0.125. The van der Waals surface area contributed by atoms with Gasteiger partial charge in [-0.15, -0.1) is 0 Å². The van der Waals surface area contributed by atoms with Crippen molar-refractivity contribution in [2.75, 3.05) is 18.4 Å². The van der Waals surface area contributed by atoms with Crippen LogP contribution < -0.4 is 21.7 Å². The lowest BCUT2D eigenvalue weighted by atomic mass is 10.1. The van der Waals surface area contributed by atoms with Gasteiger partial charge in [-0.05, 0) is 50.8 Å². The first-order valence-electron chi connectivity index (χ1n) is 9.37. The highest BCUT2D eigenvalue weighted by molar-refractivity contribution is 5.95. The zero-order valence-electron chi connectivity index (χ0n) is 17.3. The molecular weight excluding hydrogens is 360 g/mol. The topological polar surface area (TPSA) is 123 Å². The summed E-state index contributed by atoms with van der Waals surface area (Å²) in [5.74, 6) is -0.679. The summed E-state index contributed by atoms with van der Waals surface area (Å²) in [5.41, 5.74) is 6.83. The van der Waals surface area contributed by atoms with E-state index in [0.29, 0.717) is 18.7 Å². The zero-order valence-corrected chi connectivity index (χ0v) is 17.3. The van der Waals surface area contributed by atoms with Gasteiger partial charge in [0.2, 0.25) is 11.8 Å². The largest absolute Gasteiger partial charge is 0.444 e. The number of alkyl carbamates (subject to hydrolysis) is 1. The Morgan fingerprint density at radius 2 is 1.68 bits per heavy atom. The summed E-state index contributed by atoms with van der Waals surface area (Å²) in [6, 6.07) is 6.62. The Morgan fingerprint density at radius 1 is 1.07 bits per heavy atom. The van der Waals surface area contributed by atoms with Gasteiger partial charge in [-0.1, -0.05) is 26.0 Å². The van der Waals surface area contributed by atoms with Crippen molar-refractivity contribution in [1.82, 2.24) is 10.6 Å². The van der Waals surface area contributed by atoms with E-state index in [4.69, 9.17) is 10.5 Å². The molecular formula is C20H32N4O4. The molecule has 1 aromatic carbocycles. The molecule has 8 nitrogen and oxygen atoms in total. The van der Waals surface area contributed by atoms with E-state index in [1.807, 2.05) is 46.8 Å². The Bertz CT molecular complexity index is 666. The molecule has 0 aliphatic rings. The average molecular weight is 393 g/mol. The number of amides is 3. The fraction of sp³-hybridized carbons (Fsp3) is 0.550. The first kappa shape index (κ1) is 23.4. The van der Waals surface area contributed by atoms with Gasteiger partial charge >= 0.3 is 6.09 Å². The minimum absolute atomic E-state index is 0.000383. The Morgan fingerprint density at radius 3 is 2.21 bits per heavy atom. The molecule has 1 aromatic rings.